The van der Waals surface area contributed by atoms with E-state index in [9.17, 15) is 4.79 Å². The standard InChI is InChI=1S/C20H29BrN2O2/c1-4-23(5-2)20(24)18-8-6-16(7-9-18)19(21)17-10-12-22(13-11-17)14-15-25-3/h6-9H,4-5,10-15H2,1-3H3. The van der Waals surface area contributed by atoms with Crippen molar-refractivity contribution in [1.29, 1.82) is 0 Å². The molecule has 4 nitrogen and oxygen atoms in total. The third-order valence-electron chi connectivity index (χ3n) is 4.82. The largest absolute Gasteiger partial charge is 0.383 e. The number of carbonyl (C=O) groups is 1. The van der Waals surface area contributed by atoms with Crippen molar-refractivity contribution in [3.63, 3.8) is 0 Å². The van der Waals surface area contributed by atoms with Gasteiger partial charge >= 0.3 is 0 Å². The molecule has 0 aromatic heterocycles. The summed E-state index contributed by atoms with van der Waals surface area (Å²) in [5, 5.41) is 0. The number of halogens is 1. The van der Waals surface area contributed by atoms with E-state index in [-0.39, 0.29) is 5.91 Å². The number of hydrogen-bond donors (Lipinski definition) is 0. The lowest BCUT2D eigenvalue weighted by atomic mass is 10.00. The molecule has 1 fully saturated rings. The molecule has 5 heteroatoms. The van der Waals surface area contributed by atoms with Crippen LogP contribution in [0, 0.1) is 0 Å². The Hall–Kier alpha value is -1.17. The molecular weight excluding hydrogens is 380 g/mol. The van der Waals surface area contributed by atoms with Crippen molar-refractivity contribution in [2.45, 2.75) is 26.7 Å². The molecule has 1 aromatic carbocycles. The molecule has 0 aliphatic carbocycles. The highest BCUT2D eigenvalue weighted by Gasteiger charge is 2.17. The minimum absolute atomic E-state index is 0.103. The fraction of sp³-hybridized carbons (Fsp3) is 0.550. The van der Waals surface area contributed by atoms with Crippen molar-refractivity contribution in [3.05, 3.63) is 41.0 Å². The van der Waals surface area contributed by atoms with E-state index in [0.717, 1.165) is 63.3 Å². The summed E-state index contributed by atoms with van der Waals surface area (Å²) in [5.41, 5.74) is 3.36. The zero-order valence-corrected chi connectivity index (χ0v) is 17.1. The lowest BCUT2D eigenvalue weighted by Crippen LogP contribution is -2.33. The Balaban J connectivity index is 2.03. The molecule has 1 aliphatic rings. The van der Waals surface area contributed by atoms with Crippen molar-refractivity contribution in [2.24, 2.45) is 0 Å². The van der Waals surface area contributed by atoms with Crippen LogP contribution in [0.5, 0.6) is 0 Å². The van der Waals surface area contributed by atoms with E-state index >= 15 is 0 Å². The average Bonchev–Trinajstić information content (AvgIpc) is 2.67. The average molecular weight is 409 g/mol. The van der Waals surface area contributed by atoms with Gasteiger partial charge in [-0.25, -0.2) is 0 Å². The fourth-order valence-electron chi connectivity index (χ4n) is 3.14. The van der Waals surface area contributed by atoms with Gasteiger partial charge in [-0.1, -0.05) is 33.6 Å². The number of methoxy groups -OCH3 is 1. The highest BCUT2D eigenvalue weighted by Crippen LogP contribution is 2.31. The quantitative estimate of drug-likeness (QED) is 0.682. The van der Waals surface area contributed by atoms with E-state index in [0.29, 0.717) is 0 Å². The SMILES string of the molecule is CCN(CC)C(=O)c1ccc(C(Br)=C2CCN(CCOC)CC2)cc1. The molecule has 0 unspecified atom stereocenters. The Morgan fingerprint density at radius 3 is 2.20 bits per heavy atom. The molecule has 1 amide bonds. The molecule has 1 heterocycles. The lowest BCUT2D eigenvalue weighted by Gasteiger charge is -2.28. The topological polar surface area (TPSA) is 32.8 Å². The van der Waals surface area contributed by atoms with Gasteiger partial charge in [-0.2, -0.15) is 0 Å². The van der Waals surface area contributed by atoms with Crippen molar-refractivity contribution < 1.29 is 9.53 Å². The monoisotopic (exact) mass is 408 g/mol. The lowest BCUT2D eigenvalue weighted by molar-refractivity contribution is 0.0773. The van der Waals surface area contributed by atoms with Crippen LogP contribution in [0.4, 0.5) is 0 Å². The summed E-state index contributed by atoms with van der Waals surface area (Å²) in [6.45, 7) is 9.45. The smallest absolute Gasteiger partial charge is 0.253 e. The first kappa shape index (κ1) is 20.1. The second-order valence-electron chi connectivity index (χ2n) is 6.31. The maximum atomic E-state index is 12.4. The number of hydrogen-bond acceptors (Lipinski definition) is 3. The van der Waals surface area contributed by atoms with Crippen molar-refractivity contribution in [1.82, 2.24) is 9.80 Å². The van der Waals surface area contributed by atoms with Crippen molar-refractivity contribution in [3.8, 4) is 0 Å². The number of amides is 1. The second-order valence-corrected chi connectivity index (χ2v) is 7.10. The Morgan fingerprint density at radius 1 is 1.12 bits per heavy atom. The molecule has 25 heavy (non-hydrogen) atoms. The first-order valence-electron chi connectivity index (χ1n) is 9.09. The van der Waals surface area contributed by atoms with E-state index in [1.54, 1.807) is 7.11 Å². The number of carbonyl (C=O) groups excluding carboxylic acids is 1. The molecule has 0 saturated carbocycles. The van der Waals surface area contributed by atoms with Crippen molar-refractivity contribution in [2.75, 3.05) is 46.4 Å². The van der Waals surface area contributed by atoms with Crippen LogP contribution < -0.4 is 0 Å². The summed E-state index contributed by atoms with van der Waals surface area (Å²) >= 11 is 3.78. The molecule has 1 aliphatic heterocycles. The van der Waals surface area contributed by atoms with Gasteiger partial charge < -0.3 is 14.5 Å². The molecular formula is C20H29BrN2O2. The van der Waals surface area contributed by atoms with E-state index in [1.807, 2.05) is 43.0 Å². The number of nitrogens with zero attached hydrogens (tertiary/aromatic N) is 2. The third kappa shape index (κ3) is 5.40. The van der Waals surface area contributed by atoms with Gasteiger partial charge in [0.25, 0.3) is 5.91 Å². The Morgan fingerprint density at radius 2 is 1.68 bits per heavy atom. The van der Waals surface area contributed by atoms with Gasteiger partial charge in [-0.15, -0.1) is 0 Å². The summed E-state index contributed by atoms with van der Waals surface area (Å²) in [6, 6.07) is 7.97. The number of benzene rings is 1. The van der Waals surface area contributed by atoms with Crippen molar-refractivity contribution >= 4 is 26.3 Å². The first-order valence-corrected chi connectivity index (χ1v) is 9.88. The van der Waals surface area contributed by atoms with E-state index in [2.05, 4.69) is 20.8 Å². The molecule has 0 bridgehead atoms. The van der Waals surface area contributed by atoms with Crippen LogP contribution in [0.3, 0.4) is 0 Å². The van der Waals surface area contributed by atoms with Crippen LogP contribution in [0.25, 0.3) is 4.48 Å². The van der Waals surface area contributed by atoms with E-state index < -0.39 is 0 Å². The van der Waals surface area contributed by atoms with Gasteiger partial charge in [0.05, 0.1) is 6.61 Å². The number of ether oxygens (including phenoxy) is 1. The van der Waals surface area contributed by atoms with Crippen LogP contribution in [-0.4, -0.2) is 62.1 Å². The van der Waals surface area contributed by atoms with Gasteiger partial charge in [-0.05, 0) is 44.4 Å². The Labute approximate surface area is 160 Å². The molecule has 1 aromatic rings. The second kappa shape index (κ2) is 10.1. The maximum absolute atomic E-state index is 12.4. The van der Waals surface area contributed by atoms with Gasteiger partial charge in [0.15, 0.2) is 0 Å². The molecule has 0 atom stereocenters. The van der Waals surface area contributed by atoms with Gasteiger partial charge in [-0.3, -0.25) is 4.79 Å². The first-order chi connectivity index (χ1) is 12.1. The van der Waals surface area contributed by atoms with Crippen LogP contribution >= 0.6 is 15.9 Å². The molecule has 138 valence electrons. The zero-order chi connectivity index (χ0) is 18.2. The number of rotatable bonds is 7. The highest BCUT2D eigenvalue weighted by atomic mass is 79.9. The highest BCUT2D eigenvalue weighted by molar-refractivity contribution is 9.15. The molecule has 1 saturated heterocycles. The Bertz CT molecular complexity index is 584. The van der Waals surface area contributed by atoms with Gasteiger partial charge in [0.2, 0.25) is 0 Å². The third-order valence-corrected chi connectivity index (χ3v) is 5.84. The predicted molar refractivity (Wildman–Crippen MR) is 107 cm³/mol. The number of piperidine rings is 1. The minimum atomic E-state index is 0.103. The summed E-state index contributed by atoms with van der Waals surface area (Å²) in [5.74, 6) is 0.103. The molecule has 0 N–H and O–H groups in total. The number of likely N-dealkylation sites (tertiary alicyclic amines) is 1. The van der Waals surface area contributed by atoms with Crippen LogP contribution in [-0.2, 0) is 4.74 Å². The fourth-order valence-corrected chi connectivity index (χ4v) is 3.80. The maximum Gasteiger partial charge on any atom is 0.253 e. The summed E-state index contributed by atoms with van der Waals surface area (Å²) in [4.78, 5) is 16.7. The summed E-state index contributed by atoms with van der Waals surface area (Å²) < 4.78 is 6.34. The normalized spacial score (nSPS) is 15.3. The molecule has 2 rings (SSSR count). The van der Waals surface area contributed by atoms with Crippen LogP contribution in [0.15, 0.2) is 29.8 Å². The van der Waals surface area contributed by atoms with Gasteiger partial charge in [0.1, 0.15) is 0 Å². The van der Waals surface area contributed by atoms with Gasteiger partial charge in [0, 0.05) is 49.9 Å². The minimum Gasteiger partial charge on any atom is -0.383 e. The zero-order valence-electron chi connectivity index (χ0n) is 15.6. The summed E-state index contributed by atoms with van der Waals surface area (Å²) in [7, 11) is 1.75. The van der Waals surface area contributed by atoms with E-state index in [4.69, 9.17) is 4.74 Å². The van der Waals surface area contributed by atoms with Crippen LogP contribution in [0.2, 0.25) is 0 Å². The summed E-state index contributed by atoms with van der Waals surface area (Å²) in [6.07, 6.45) is 2.15. The molecule has 0 radical (unpaired) electrons. The Kier molecular flexibility index (Phi) is 8.13. The predicted octanol–water partition coefficient (Wildman–Crippen LogP) is 4.02. The van der Waals surface area contributed by atoms with Crippen LogP contribution in [0.1, 0.15) is 42.6 Å². The van der Waals surface area contributed by atoms with E-state index in [1.165, 1.54) is 10.1 Å². The molecule has 0 spiro atoms.